The second-order valence-corrected chi connectivity index (χ2v) is 37.9. The van der Waals surface area contributed by atoms with Crippen LogP contribution in [0.15, 0.2) is 0 Å². The predicted molar refractivity (Wildman–Crippen MR) is 417 cm³/mol. The lowest BCUT2D eigenvalue weighted by molar-refractivity contribution is -0.210. The highest BCUT2D eigenvalue weighted by molar-refractivity contribution is 9.10. The summed E-state index contributed by atoms with van der Waals surface area (Å²) in [5, 5.41) is 21.7. The highest BCUT2D eigenvalue weighted by Gasteiger charge is 2.48. The van der Waals surface area contributed by atoms with Crippen LogP contribution in [0.25, 0.3) is 0 Å². The number of alkyl halides is 12. The molecule has 0 spiro atoms. The van der Waals surface area contributed by atoms with E-state index in [2.05, 4.69) is 104 Å². The van der Waals surface area contributed by atoms with Crippen molar-refractivity contribution in [3.8, 4) is 0 Å². The summed E-state index contributed by atoms with van der Waals surface area (Å²) in [7, 11) is -14.0. The SMILES string of the molecule is CC(=O)OCC1OC(OP(=O)(NCCCl)NCCCl)C(Br)CC1OC(C)=O.CC(=O)OCC1OC(OP(=O)(NCCCl)NCCCl)C(Br)CC1OC(C)=O.CC(=O)OCC1OC(OP(=O)(NCCCl)NCCCl)CC(Br)C1OC(C)=O.CC(=O)OCC1OC(OP(=O)(NCCCl)NCCCl)CC(Br)C1OC(C)=O. The maximum Gasteiger partial charge on any atom is 0.343 e. The van der Waals surface area contributed by atoms with E-state index in [0.717, 1.165) is 0 Å². The molecule has 0 amide bonds. The number of carbonyl (C=O) groups excluding carboxylic acids is 8. The van der Waals surface area contributed by atoms with Crippen molar-refractivity contribution in [3.63, 3.8) is 0 Å². The molecule has 4 rings (SSSR count). The maximum absolute atomic E-state index is 12.9. The van der Waals surface area contributed by atoms with Gasteiger partial charge in [0.1, 0.15) is 75.3 Å². The highest BCUT2D eigenvalue weighted by Crippen LogP contribution is 2.47. The van der Waals surface area contributed by atoms with Gasteiger partial charge in [-0.15, -0.1) is 92.8 Å². The summed E-state index contributed by atoms with van der Waals surface area (Å²) < 4.78 is 138. The Morgan fingerprint density at radius 2 is 0.537 bits per heavy atom. The van der Waals surface area contributed by atoms with Crippen molar-refractivity contribution >= 4 is 235 Å². The number of hydrogen-bond acceptors (Lipinski definition) is 28. The largest absolute Gasteiger partial charge is 0.463 e. The van der Waals surface area contributed by atoms with E-state index in [1.807, 2.05) is 0 Å². The summed E-state index contributed by atoms with van der Waals surface area (Å²) >= 11 is 58.8. The minimum atomic E-state index is -3.51. The van der Waals surface area contributed by atoms with Crippen molar-refractivity contribution in [2.75, 3.05) is 126 Å². The second kappa shape index (κ2) is 58.2. The molecule has 4 aliphatic heterocycles. The van der Waals surface area contributed by atoms with Gasteiger partial charge in [-0.25, -0.2) is 40.7 Å². The Bertz CT molecular complexity index is 2690. The zero-order valence-corrected chi connectivity index (χ0v) is 75.9. The zero-order chi connectivity index (χ0) is 81.8. The quantitative estimate of drug-likeness (QED) is 0.0122. The van der Waals surface area contributed by atoms with Gasteiger partial charge in [0.25, 0.3) is 0 Å². The van der Waals surface area contributed by atoms with E-state index in [1.165, 1.54) is 55.4 Å². The van der Waals surface area contributed by atoms with Crippen LogP contribution in [0.2, 0.25) is 0 Å². The van der Waals surface area contributed by atoms with Gasteiger partial charge in [-0.2, -0.15) is 0 Å². The average Bonchev–Trinajstić information content (AvgIpc) is 0.833. The summed E-state index contributed by atoms with van der Waals surface area (Å²) in [5.41, 5.74) is 0. The van der Waals surface area contributed by atoms with Crippen molar-refractivity contribution in [2.45, 2.75) is 174 Å². The van der Waals surface area contributed by atoms with E-state index in [0.29, 0.717) is 12.8 Å². The van der Waals surface area contributed by atoms with Gasteiger partial charge in [-0.1, -0.05) is 63.7 Å². The number of halogens is 12. The summed E-state index contributed by atoms with van der Waals surface area (Å²) in [4.78, 5) is 88.3. The Morgan fingerprint density at radius 1 is 0.315 bits per heavy atom. The molecule has 0 aromatic rings. The molecule has 8 N–H and O–H groups in total. The molecule has 4 fully saturated rings. The number of carbonyl (C=O) groups is 8. The van der Waals surface area contributed by atoms with Crippen LogP contribution in [-0.2, 0) is 132 Å². The van der Waals surface area contributed by atoms with E-state index < -0.39 is 162 Å². The van der Waals surface area contributed by atoms with Crippen LogP contribution in [0.4, 0.5) is 0 Å². The average molecular weight is 2060 g/mol. The molecule has 16 atom stereocenters. The van der Waals surface area contributed by atoms with E-state index in [-0.39, 0.29) is 148 Å². The van der Waals surface area contributed by atoms with Crippen LogP contribution in [0.1, 0.15) is 81.1 Å². The Kier molecular flexibility index (Phi) is 57.3. The fraction of sp³-hybridized carbons (Fsp3) is 0.857. The van der Waals surface area contributed by atoms with Crippen molar-refractivity contribution in [3.05, 3.63) is 0 Å². The lowest BCUT2D eigenvalue weighted by atomic mass is 10.0. The number of ether oxygens (including phenoxy) is 12. The molecule has 4 aliphatic rings. The fourth-order valence-electron chi connectivity index (χ4n) is 9.11. The highest BCUT2D eigenvalue weighted by atomic mass is 79.9. The molecule has 52 heteroatoms. The maximum atomic E-state index is 12.9. The molecule has 16 unspecified atom stereocenters. The molecule has 108 heavy (non-hydrogen) atoms. The molecule has 0 aromatic carbocycles. The third kappa shape index (κ3) is 45.9. The van der Waals surface area contributed by atoms with Crippen LogP contribution >= 0.6 is 187 Å². The van der Waals surface area contributed by atoms with Crippen LogP contribution in [0, 0.1) is 0 Å². The molecule has 0 aliphatic carbocycles. The lowest BCUT2D eigenvalue weighted by Gasteiger charge is -2.39. The van der Waals surface area contributed by atoms with Crippen LogP contribution < -0.4 is 40.7 Å². The topological polar surface area (TPSA) is 449 Å². The molecule has 0 aromatic heterocycles. The Balaban J connectivity index is 0.000000720. The van der Waals surface area contributed by atoms with Gasteiger partial charge in [0.05, 0.1) is 19.3 Å². The van der Waals surface area contributed by atoms with E-state index in [1.54, 1.807) is 0 Å². The molecule has 0 radical (unpaired) electrons. The number of nitrogens with one attached hydrogen (secondary N) is 8. The first-order valence-corrected chi connectivity index (χ1v) is 47.3. The second-order valence-electron chi connectivity index (χ2n) is 22.4. The first-order valence-electron chi connectivity index (χ1n) is 32.8. The van der Waals surface area contributed by atoms with Crippen molar-refractivity contribution in [1.29, 1.82) is 0 Å². The number of esters is 8. The van der Waals surface area contributed by atoms with Gasteiger partial charge in [0.15, 0.2) is 25.2 Å². The van der Waals surface area contributed by atoms with E-state index in [9.17, 15) is 56.6 Å². The summed E-state index contributed by atoms with van der Waals surface area (Å²) in [6.45, 7) is 11.4. The van der Waals surface area contributed by atoms with Gasteiger partial charge in [-0.05, 0) is 0 Å². The summed E-state index contributed by atoms with van der Waals surface area (Å²) in [6.07, 6.45) is -8.52. The standard InChI is InChI=1S/4C14H24BrCl2N2O7P/c2*1-9(20)23-8-12-14(24-10(2)21)11(15)7-13(25-12)26-27(22,18-5-3-16)19-6-4-17;2*1-9(20)23-8-13-12(24-10(2)21)7-11(15)14(25-13)26-27(22,18-5-3-16)19-6-4-17/h4*11-14H,3-8H2,1-2H3,(H2,18,19,22). The molecule has 0 saturated carbocycles. The summed E-state index contributed by atoms with van der Waals surface area (Å²) in [5.74, 6) is -2.19. The molecule has 0 bridgehead atoms. The monoisotopic (exact) mass is 2050 g/mol. The first-order chi connectivity index (χ1) is 50.8. The molecule has 4 heterocycles. The summed E-state index contributed by atoms with van der Waals surface area (Å²) in [6, 6.07) is 0. The van der Waals surface area contributed by atoms with E-state index >= 15 is 0 Å². The zero-order valence-electron chi connectivity index (χ0n) is 60.0. The third-order valence-electron chi connectivity index (χ3n) is 13.3. The smallest absolute Gasteiger partial charge is 0.343 e. The lowest BCUT2D eigenvalue weighted by Crippen LogP contribution is -2.51. The van der Waals surface area contributed by atoms with Crippen molar-refractivity contribution < 1.29 is 132 Å². The van der Waals surface area contributed by atoms with Crippen molar-refractivity contribution in [2.24, 2.45) is 0 Å². The van der Waals surface area contributed by atoms with Gasteiger partial charge in [0.2, 0.25) is 0 Å². The van der Waals surface area contributed by atoms with Crippen LogP contribution in [0.5, 0.6) is 0 Å². The third-order valence-corrected chi connectivity index (χ3v) is 25.4. The minimum Gasteiger partial charge on any atom is -0.463 e. The van der Waals surface area contributed by atoms with Gasteiger partial charge < -0.3 is 56.8 Å². The van der Waals surface area contributed by atoms with Crippen LogP contribution in [0.3, 0.4) is 0 Å². The Morgan fingerprint density at radius 3 is 0.750 bits per heavy atom. The fourth-order valence-corrected chi connectivity index (χ4v) is 20.2. The Labute approximate surface area is 701 Å². The van der Waals surface area contributed by atoms with Gasteiger partial charge >= 0.3 is 78.4 Å². The van der Waals surface area contributed by atoms with Crippen LogP contribution in [-0.4, -0.2) is 267 Å². The number of rotatable bonds is 44. The first kappa shape index (κ1) is 106. The van der Waals surface area contributed by atoms with Crippen molar-refractivity contribution in [1.82, 2.24) is 40.7 Å². The molecular formula is C56H96Br4Cl8N8O28P4. The van der Waals surface area contributed by atoms with Gasteiger partial charge in [-0.3, -0.25) is 74.7 Å². The van der Waals surface area contributed by atoms with Gasteiger partial charge in [0, 0.05) is 180 Å². The minimum absolute atomic E-state index is 0.138. The molecule has 4 saturated heterocycles. The molecule has 36 nitrogen and oxygen atoms in total. The molecule has 632 valence electrons. The van der Waals surface area contributed by atoms with E-state index in [4.69, 9.17) is 168 Å². The molecular weight excluding hydrogens is 1960 g/mol. The number of hydrogen-bond donors (Lipinski definition) is 8. The predicted octanol–water partition coefficient (Wildman–Crippen LogP) is 8.56. The Hall–Kier alpha value is 0.280. The normalized spacial score (nSPS) is 25.8.